The molecule has 3 rings (SSSR count). The first-order chi connectivity index (χ1) is 14.7. The number of aryl methyl sites for hydroxylation is 1. The van der Waals surface area contributed by atoms with Crippen molar-refractivity contribution in [2.45, 2.75) is 18.7 Å². The Hall–Kier alpha value is -3.61. The molecular formula is C21H17ClN4O4S. The summed E-state index contributed by atoms with van der Waals surface area (Å²) in [6, 6.07) is 14.0. The second-order valence-corrected chi connectivity index (χ2v) is 8.65. The quantitative estimate of drug-likeness (QED) is 0.421. The summed E-state index contributed by atoms with van der Waals surface area (Å²) < 4.78 is 32.4. The van der Waals surface area contributed by atoms with Crippen LogP contribution in [0.3, 0.4) is 0 Å². The molecule has 2 aromatic carbocycles. The Bertz CT molecular complexity index is 1290. The van der Waals surface area contributed by atoms with Gasteiger partial charge in [-0.05, 0) is 61.9 Å². The number of halogens is 1. The Morgan fingerprint density at radius 2 is 1.77 bits per heavy atom. The number of carbonyl (C=O) groups excluding carboxylic acids is 1. The Morgan fingerprint density at radius 3 is 2.32 bits per heavy atom. The second-order valence-electron chi connectivity index (χ2n) is 6.53. The molecule has 10 heteroatoms. The highest BCUT2D eigenvalue weighted by Crippen LogP contribution is 2.23. The van der Waals surface area contributed by atoms with Crippen molar-refractivity contribution in [2.24, 2.45) is 0 Å². The molecule has 3 aromatic rings. The van der Waals surface area contributed by atoms with E-state index in [1.807, 2.05) is 6.07 Å². The van der Waals surface area contributed by atoms with Crippen molar-refractivity contribution in [3.63, 3.8) is 0 Å². The highest BCUT2D eigenvalue weighted by atomic mass is 35.5. The lowest BCUT2D eigenvalue weighted by Crippen LogP contribution is -2.15. The number of hydrogen-bond acceptors (Lipinski definition) is 6. The van der Waals surface area contributed by atoms with E-state index in [9.17, 15) is 18.5 Å². The minimum Gasteiger partial charge on any atom is -0.337 e. The van der Waals surface area contributed by atoms with Crippen molar-refractivity contribution < 1.29 is 17.7 Å². The topological polar surface area (TPSA) is 125 Å². The summed E-state index contributed by atoms with van der Waals surface area (Å²) in [4.78, 5) is 12.4. The van der Waals surface area contributed by atoms with Crippen LogP contribution in [0.4, 0.5) is 11.6 Å². The summed E-state index contributed by atoms with van der Waals surface area (Å²) in [5.74, 6) is -0.583. The molecule has 1 heterocycles. The fourth-order valence-electron chi connectivity index (χ4n) is 2.48. The highest BCUT2D eigenvalue weighted by molar-refractivity contribution is 7.92. The highest BCUT2D eigenvalue weighted by Gasteiger charge is 2.19. The third-order valence-corrected chi connectivity index (χ3v) is 5.95. The fraction of sp³-hybridized carbons (Fsp3) is 0.0952. The molecule has 0 unspecified atom stereocenters. The van der Waals surface area contributed by atoms with Gasteiger partial charge in [0.15, 0.2) is 0 Å². The number of nitrogens with one attached hydrogen (secondary N) is 2. The average Bonchev–Trinajstić information content (AvgIpc) is 3.05. The van der Waals surface area contributed by atoms with Gasteiger partial charge in [-0.1, -0.05) is 28.9 Å². The Kier molecular flexibility index (Phi) is 6.44. The van der Waals surface area contributed by atoms with Crippen LogP contribution in [-0.4, -0.2) is 19.5 Å². The molecule has 158 valence electrons. The van der Waals surface area contributed by atoms with Gasteiger partial charge in [0.05, 0.1) is 10.6 Å². The van der Waals surface area contributed by atoms with Crippen LogP contribution < -0.4 is 10.0 Å². The number of aromatic nitrogens is 1. The number of nitrogens with zero attached hydrogens (tertiary/aromatic N) is 2. The zero-order valence-electron chi connectivity index (χ0n) is 16.5. The number of hydrogen-bond donors (Lipinski definition) is 2. The lowest BCUT2D eigenvalue weighted by atomic mass is 10.1. The van der Waals surface area contributed by atoms with E-state index in [0.717, 1.165) is 0 Å². The van der Waals surface area contributed by atoms with Crippen molar-refractivity contribution >= 4 is 45.2 Å². The van der Waals surface area contributed by atoms with Crippen LogP contribution in [0.15, 0.2) is 63.5 Å². The molecule has 0 aliphatic heterocycles. The van der Waals surface area contributed by atoms with Crippen LogP contribution in [0.1, 0.15) is 16.8 Å². The van der Waals surface area contributed by atoms with Crippen molar-refractivity contribution in [3.05, 3.63) is 75.9 Å². The molecule has 0 bridgehead atoms. The van der Waals surface area contributed by atoms with Gasteiger partial charge in [-0.15, -0.1) is 0 Å². The molecule has 0 aliphatic carbocycles. The molecule has 0 atom stereocenters. The average molecular weight is 457 g/mol. The van der Waals surface area contributed by atoms with Gasteiger partial charge in [0.2, 0.25) is 5.88 Å². The SMILES string of the molecule is Cc1noc(NS(=O)(=O)c2ccc(NC(=O)/C(C#N)=C/c3ccc(Cl)cc3)cc2)c1C. The number of anilines is 2. The van der Waals surface area contributed by atoms with Gasteiger partial charge in [0.25, 0.3) is 15.9 Å². The standard InChI is InChI=1S/C21H17ClN4O4S/c1-13-14(2)25-30-21(13)26-31(28,29)19-9-7-18(8-10-19)24-20(27)16(12-23)11-15-3-5-17(22)6-4-15/h3-11,26H,1-2H3,(H,24,27)/b16-11+. The summed E-state index contributed by atoms with van der Waals surface area (Å²) >= 11 is 5.83. The third kappa shape index (κ3) is 5.31. The van der Waals surface area contributed by atoms with E-state index in [2.05, 4.69) is 15.2 Å². The molecule has 0 saturated heterocycles. The van der Waals surface area contributed by atoms with Gasteiger partial charge in [0, 0.05) is 16.3 Å². The van der Waals surface area contributed by atoms with E-state index in [0.29, 0.717) is 27.5 Å². The largest absolute Gasteiger partial charge is 0.337 e. The zero-order valence-corrected chi connectivity index (χ0v) is 18.1. The number of benzene rings is 2. The Labute approximate surface area is 184 Å². The summed E-state index contributed by atoms with van der Waals surface area (Å²) in [5, 5.41) is 16.1. The number of sulfonamides is 1. The summed E-state index contributed by atoms with van der Waals surface area (Å²) in [6.45, 7) is 3.39. The monoisotopic (exact) mass is 456 g/mol. The van der Waals surface area contributed by atoms with E-state index in [4.69, 9.17) is 16.1 Å². The molecule has 0 radical (unpaired) electrons. The molecule has 0 aliphatic rings. The first kappa shape index (κ1) is 22.1. The Balaban J connectivity index is 1.73. The first-order valence-electron chi connectivity index (χ1n) is 8.94. The Morgan fingerprint density at radius 1 is 1.13 bits per heavy atom. The second kappa shape index (κ2) is 9.04. The summed E-state index contributed by atoms with van der Waals surface area (Å²) in [5.41, 5.74) is 2.02. The molecular weight excluding hydrogens is 440 g/mol. The summed E-state index contributed by atoms with van der Waals surface area (Å²) in [7, 11) is -3.90. The smallest absolute Gasteiger partial charge is 0.266 e. The molecule has 8 nitrogen and oxygen atoms in total. The van der Waals surface area contributed by atoms with Gasteiger partial charge < -0.3 is 9.84 Å². The van der Waals surface area contributed by atoms with Gasteiger partial charge in [-0.25, -0.2) is 13.1 Å². The molecule has 1 amide bonds. The maximum absolute atomic E-state index is 12.5. The number of carbonyl (C=O) groups is 1. The van der Waals surface area contributed by atoms with Crippen LogP contribution in [0.2, 0.25) is 5.02 Å². The molecule has 0 fully saturated rings. The van der Waals surface area contributed by atoms with Gasteiger partial charge in [-0.2, -0.15) is 5.26 Å². The zero-order chi connectivity index (χ0) is 22.6. The number of amides is 1. The van der Waals surface area contributed by atoms with E-state index < -0.39 is 15.9 Å². The first-order valence-corrected chi connectivity index (χ1v) is 10.8. The van der Waals surface area contributed by atoms with Crippen LogP contribution in [0, 0.1) is 25.2 Å². The van der Waals surface area contributed by atoms with Crippen molar-refractivity contribution in [2.75, 3.05) is 10.0 Å². The van der Waals surface area contributed by atoms with Gasteiger partial charge in [-0.3, -0.25) is 4.79 Å². The van der Waals surface area contributed by atoms with Gasteiger partial charge in [0.1, 0.15) is 11.6 Å². The van der Waals surface area contributed by atoms with Crippen LogP contribution in [0.5, 0.6) is 0 Å². The lowest BCUT2D eigenvalue weighted by molar-refractivity contribution is -0.112. The van der Waals surface area contributed by atoms with Gasteiger partial charge >= 0.3 is 0 Å². The predicted octanol–water partition coefficient (Wildman–Crippen LogP) is 4.29. The number of rotatable bonds is 6. The van der Waals surface area contributed by atoms with Crippen LogP contribution in [0.25, 0.3) is 6.08 Å². The fourth-order valence-corrected chi connectivity index (χ4v) is 3.65. The minimum absolute atomic E-state index is 0.0313. The third-order valence-electron chi connectivity index (χ3n) is 4.35. The van der Waals surface area contributed by atoms with E-state index >= 15 is 0 Å². The lowest BCUT2D eigenvalue weighted by Gasteiger charge is -2.08. The minimum atomic E-state index is -3.90. The van der Waals surface area contributed by atoms with E-state index in [1.165, 1.54) is 30.3 Å². The maximum Gasteiger partial charge on any atom is 0.266 e. The van der Waals surface area contributed by atoms with Crippen molar-refractivity contribution in [1.82, 2.24) is 5.16 Å². The van der Waals surface area contributed by atoms with Crippen LogP contribution in [-0.2, 0) is 14.8 Å². The summed E-state index contributed by atoms with van der Waals surface area (Å²) in [6.07, 6.45) is 1.43. The number of nitriles is 1. The van der Waals surface area contributed by atoms with E-state index in [-0.39, 0.29) is 16.4 Å². The maximum atomic E-state index is 12.5. The molecule has 0 spiro atoms. The molecule has 0 saturated carbocycles. The van der Waals surface area contributed by atoms with Crippen LogP contribution >= 0.6 is 11.6 Å². The normalized spacial score (nSPS) is 11.6. The molecule has 2 N–H and O–H groups in total. The predicted molar refractivity (Wildman–Crippen MR) is 117 cm³/mol. The van der Waals surface area contributed by atoms with Crippen molar-refractivity contribution in [3.8, 4) is 6.07 Å². The van der Waals surface area contributed by atoms with Crippen molar-refractivity contribution in [1.29, 1.82) is 5.26 Å². The molecule has 1 aromatic heterocycles. The van der Waals surface area contributed by atoms with E-state index in [1.54, 1.807) is 38.1 Å². The molecule has 31 heavy (non-hydrogen) atoms.